The summed E-state index contributed by atoms with van der Waals surface area (Å²) in [6.07, 6.45) is 4.06. The lowest BCUT2D eigenvalue weighted by Gasteiger charge is -2.11. The molecular formula is C9H19NO2. The Morgan fingerprint density at radius 2 is 2.17 bits per heavy atom. The van der Waals surface area contributed by atoms with E-state index in [1.165, 1.54) is 12.8 Å². The summed E-state index contributed by atoms with van der Waals surface area (Å²) in [5, 5.41) is 3.44. The van der Waals surface area contributed by atoms with Crippen molar-refractivity contribution in [3.8, 4) is 0 Å². The molecule has 0 aromatic heterocycles. The van der Waals surface area contributed by atoms with Crippen LogP contribution < -0.4 is 5.32 Å². The van der Waals surface area contributed by atoms with Crippen LogP contribution in [0.2, 0.25) is 0 Å². The van der Waals surface area contributed by atoms with Crippen LogP contribution in [-0.2, 0) is 9.47 Å². The average molecular weight is 173 g/mol. The van der Waals surface area contributed by atoms with Gasteiger partial charge in [0.1, 0.15) is 0 Å². The summed E-state index contributed by atoms with van der Waals surface area (Å²) >= 11 is 0. The molecule has 0 heterocycles. The van der Waals surface area contributed by atoms with E-state index in [9.17, 15) is 0 Å². The van der Waals surface area contributed by atoms with Gasteiger partial charge in [-0.05, 0) is 19.3 Å². The molecule has 1 saturated carbocycles. The summed E-state index contributed by atoms with van der Waals surface area (Å²) < 4.78 is 10.2. The number of rotatable bonds is 5. The van der Waals surface area contributed by atoms with Gasteiger partial charge in [-0.1, -0.05) is 0 Å². The summed E-state index contributed by atoms with van der Waals surface area (Å²) in [6, 6.07) is 0.644. The maximum atomic E-state index is 5.28. The third-order valence-electron chi connectivity index (χ3n) is 2.46. The van der Waals surface area contributed by atoms with Crippen LogP contribution in [0, 0.1) is 0 Å². The monoisotopic (exact) mass is 173 g/mol. The minimum Gasteiger partial charge on any atom is -0.383 e. The van der Waals surface area contributed by atoms with E-state index in [1.807, 2.05) is 0 Å². The van der Waals surface area contributed by atoms with Crippen LogP contribution in [0.5, 0.6) is 0 Å². The zero-order valence-corrected chi connectivity index (χ0v) is 8.01. The second-order valence-electron chi connectivity index (χ2n) is 3.31. The highest BCUT2D eigenvalue weighted by molar-refractivity contribution is 4.80. The first kappa shape index (κ1) is 9.96. The van der Waals surface area contributed by atoms with Crippen molar-refractivity contribution in [3.63, 3.8) is 0 Å². The molecular weight excluding hydrogens is 154 g/mol. The van der Waals surface area contributed by atoms with Gasteiger partial charge in [0.25, 0.3) is 0 Å². The molecule has 0 radical (unpaired) electrons. The molecule has 0 aliphatic heterocycles. The molecule has 0 bridgehead atoms. The highest BCUT2D eigenvalue weighted by Crippen LogP contribution is 2.20. The Balaban J connectivity index is 2.03. The lowest BCUT2D eigenvalue weighted by molar-refractivity contribution is 0.106. The number of nitrogens with one attached hydrogen (secondary N) is 1. The van der Waals surface area contributed by atoms with Crippen molar-refractivity contribution in [2.45, 2.75) is 31.4 Å². The van der Waals surface area contributed by atoms with E-state index in [0.717, 1.165) is 19.6 Å². The summed E-state index contributed by atoms with van der Waals surface area (Å²) in [7, 11) is 3.52. The van der Waals surface area contributed by atoms with Crippen LogP contribution in [0.25, 0.3) is 0 Å². The summed E-state index contributed by atoms with van der Waals surface area (Å²) in [4.78, 5) is 0. The normalized spacial score (nSPS) is 29.5. The van der Waals surface area contributed by atoms with Gasteiger partial charge in [-0.3, -0.25) is 0 Å². The van der Waals surface area contributed by atoms with Gasteiger partial charge < -0.3 is 14.8 Å². The van der Waals surface area contributed by atoms with Gasteiger partial charge >= 0.3 is 0 Å². The fourth-order valence-corrected chi connectivity index (χ4v) is 1.70. The van der Waals surface area contributed by atoms with E-state index in [0.29, 0.717) is 12.1 Å². The van der Waals surface area contributed by atoms with Crippen molar-refractivity contribution in [3.05, 3.63) is 0 Å². The molecule has 1 N–H and O–H groups in total. The Kier molecular flexibility index (Phi) is 4.58. The van der Waals surface area contributed by atoms with Gasteiger partial charge in [0.05, 0.1) is 12.7 Å². The lowest BCUT2D eigenvalue weighted by atomic mass is 10.2. The van der Waals surface area contributed by atoms with Crippen molar-refractivity contribution in [2.24, 2.45) is 0 Å². The number of hydrogen-bond donors (Lipinski definition) is 1. The van der Waals surface area contributed by atoms with Crippen LogP contribution in [0.1, 0.15) is 19.3 Å². The minimum absolute atomic E-state index is 0.477. The fourth-order valence-electron chi connectivity index (χ4n) is 1.70. The van der Waals surface area contributed by atoms with Crippen LogP contribution in [0.4, 0.5) is 0 Å². The zero-order chi connectivity index (χ0) is 8.81. The minimum atomic E-state index is 0.477. The molecule has 1 aliphatic rings. The van der Waals surface area contributed by atoms with Crippen molar-refractivity contribution < 1.29 is 9.47 Å². The number of ether oxygens (including phenoxy) is 2. The van der Waals surface area contributed by atoms with Gasteiger partial charge in [-0.2, -0.15) is 0 Å². The van der Waals surface area contributed by atoms with E-state index in [2.05, 4.69) is 5.32 Å². The Morgan fingerprint density at radius 3 is 2.75 bits per heavy atom. The maximum Gasteiger partial charge on any atom is 0.0587 e. The smallest absolute Gasteiger partial charge is 0.0587 e. The van der Waals surface area contributed by atoms with E-state index in [4.69, 9.17) is 9.47 Å². The first-order chi connectivity index (χ1) is 5.86. The number of hydrogen-bond acceptors (Lipinski definition) is 3. The molecule has 72 valence electrons. The van der Waals surface area contributed by atoms with Crippen molar-refractivity contribution >= 4 is 0 Å². The predicted molar refractivity (Wildman–Crippen MR) is 48.3 cm³/mol. The average Bonchev–Trinajstić information content (AvgIpc) is 2.53. The van der Waals surface area contributed by atoms with Gasteiger partial charge in [0, 0.05) is 26.8 Å². The van der Waals surface area contributed by atoms with Gasteiger partial charge in [-0.15, -0.1) is 0 Å². The zero-order valence-electron chi connectivity index (χ0n) is 8.01. The first-order valence-electron chi connectivity index (χ1n) is 4.62. The fraction of sp³-hybridized carbons (Fsp3) is 1.00. The van der Waals surface area contributed by atoms with Crippen LogP contribution >= 0.6 is 0 Å². The van der Waals surface area contributed by atoms with E-state index in [-0.39, 0.29) is 0 Å². The molecule has 2 atom stereocenters. The SMILES string of the molecule is COCCNC1CCC(OC)C1. The predicted octanol–water partition coefficient (Wildman–Crippen LogP) is 0.790. The second kappa shape index (κ2) is 5.51. The summed E-state index contributed by atoms with van der Waals surface area (Å²) in [6.45, 7) is 1.76. The van der Waals surface area contributed by atoms with Crippen molar-refractivity contribution in [1.82, 2.24) is 5.32 Å². The van der Waals surface area contributed by atoms with Gasteiger partial charge in [0.15, 0.2) is 0 Å². The molecule has 0 aromatic rings. The standard InChI is InChI=1S/C9H19NO2/c1-11-6-5-10-8-3-4-9(7-8)12-2/h8-10H,3-7H2,1-2H3. The molecule has 12 heavy (non-hydrogen) atoms. The second-order valence-corrected chi connectivity index (χ2v) is 3.31. The molecule has 0 amide bonds. The van der Waals surface area contributed by atoms with Crippen LogP contribution in [-0.4, -0.2) is 39.5 Å². The molecule has 3 heteroatoms. The Hall–Kier alpha value is -0.120. The van der Waals surface area contributed by atoms with Crippen LogP contribution in [0.15, 0.2) is 0 Å². The Morgan fingerprint density at radius 1 is 1.33 bits per heavy atom. The summed E-state index contributed by atoms with van der Waals surface area (Å²) in [5.41, 5.74) is 0. The van der Waals surface area contributed by atoms with Crippen molar-refractivity contribution in [1.29, 1.82) is 0 Å². The van der Waals surface area contributed by atoms with Crippen LogP contribution in [0.3, 0.4) is 0 Å². The van der Waals surface area contributed by atoms with E-state index in [1.54, 1.807) is 14.2 Å². The largest absolute Gasteiger partial charge is 0.383 e. The molecule has 1 rings (SSSR count). The van der Waals surface area contributed by atoms with Gasteiger partial charge in [-0.25, -0.2) is 0 Å². The van der Waals surface area contributed by atoms with Crippen molar-refractivity contribution in [2.75, 3.05) is 27.4 Å². The molecule has 0 aromatic carbocycles. The Labute approximate surface area is 74.4 Å². The lowest BCUT2D eigenvalue weighted by Crippen LogP contribution is -2.30. The highest BCUT2D eigenvalue weighted by Gasteiger charge is 2.23. The molecule has 1 fully saturated rings. The van der Waals surface area contributed by atoms with E-state index < -0.39 is 0 Å². The van der Waals surface area contributed by atoms with Gasteiger partial charge in [0.2, 0.25) is 0 Å². The summed E-state index contributed by atoms with van der Waals surface area (Å²) in [5.74, 6) is 0. The molecule has 3 nitrogen and oxygen atoms in total. The number of methoxy groups -OCH3 is 2. The quantitative estimate of drug-likeness (QED) is 0.623. The third kappa shape index (κ3) is 3.09. The first-order valence-corrected chi connectivity index (χ1v) is 4.62. The maximum absolute atomic E-state index is 5.28. The molecule has 0 spiro atoms. The molecule has 0 saturated heterocycles. The topological polar surface area (TPSA) is 30.5 Å². The van der Waals surface area contributed by atoms with E-state index >= 15 is 0 Å². The highest BCUT2D eigenvalue weighted by atomic mass is 16.5. The molecule has 1 aliphatic carbocycles. The molecule has 2 unspecified atom stereocenters. The Bertz CT molecular complexity index is 119. The third-order valence-corrected chi connectivity index (χ3v) is 2.46.